The summed E-state index contributed by atoms with van der Waals surface area (Å²) in [6.45, 7) is 2.06. The normalized spacial score (nSPS) is 11.7. The number of hydrogen-bond donors (Lipinski definition) is 3. The monoisotopic (exact) mass is 284 g/mol. The topological polar surface area (TPSA) is 95.5 Å². The third-order valence-corrected chi connectivity index (χ3v) is 3.19. The molecular weight excluding hydrogens is 268 g/mol. The minimum absolute atomic E-state index is 0.107. The van der Waals surface area contributed by atoms with Gasteiger partial charge in [-0.1, -0.05) is 6.07 Å². The van der Waals surface area contributed by atoms with Gasteiger partial charge < -0.3 is 15.7 Å². The number of aryl methyl sites for hydroxylation is 1. The van der Waals surface area contributed by atoms with Crippen LogP contribution in [0.4, 0.5) is 10.5 Å². The molecule has 2 amide bonds. The summed E-state index contributed by atoms with van der Waals surface area (Å²) >= 11 is 0. The van der Waals surface area contributed by atoms with Gasteiger partial charge >= 0.3 is 12.0 Å². The summed E-state index contributed by atoms with van der Waals surface area (Å²) < 4.78 is 10.8. The summed E-state index contributed by atoms with van der Waals surface area (Å²) in [5.41, 5.74) is 1.31. The van der Waals surface area contributed by atoms with Gasteiger partial charge in [-0.05, 0) is 24.6 Å². The summed E-state index contributed by atoms with van der Waals surface area (Å²) in [7, 11) is -0.963. The van der Waals surface area contributed by atoms with E-state index in [0.29, 0.717) is 18.0 Å². The Morgan fingerprint density at radius 2 is 2.05 bits per heavy atom. The lowest BCUT2D eigenvalue weighted by molar-refractivity contribution is 0.0697. The van der Waals surface area contributed by atoms with Crippen LogP contribution >= 0.6 is 0 Å². The number of aromatic carboxylic acids is 1. The molecule has 0 aliphatic carbocycles. The van der Waals surface area contributed by atoms with Gasteiger partial charge in [0, 0.05) is 35.0 Å². The molecule has 0 heterocycles. The first-order valence-corrected chi connectivity index (χ1v) is 7.31. The average Bonchev–Trinajstić information content (AvgIpc) is 2.31. The van der Waals surface area contributed by atoms with Gasteiger partial charge in [0.2, 0.25) is 0 Å². The van der Waals surface area contributed by atoms with Gasteiger partial charge in [-0.3, -0.25) is 4.21 Å². The second kappa shape index (κ2) is 6.89. The number of carbonyl (C=O) groups excluding carboxylic acids is 1. The summed E-state index contributed by atoms with van der Waals surface area (Å²) in [4.78, 5) is 22.4. The maximum absolute atomic E-state index is 11.6. The largest absolute Gasteiger partial charge is 0.478 e. The van der Waals surface area contributed by atoms with E-state index in [-0.39, 0.29) is 5.56 Å². The van der Waals surface area contributed by atoms with Crippen molar-refractivity contribution >= 4 is 28.5 Å². The predicted octanol–water partition coefficient (Wildman–Crippen LogP) is 1.19. The Kier molecular flexibility index (Phi) is 5.50. The first-order chi connectivity index (χ1) is 8.90. The van der Waals surface area contributed by atoms with Crippen LogP contribution in [-0.2, 0) is 10.8 Å². The van der Waals surface area contributed by atoms with Gasteiger partial charge in [0.05, 0.1) is 5.56 Å². The zero-order valence-corrected chi connectivity index (χ0v) is 11.5. The number of nitrogens with one attached hydrogen (secondary N) is 2. The molecule has 0 spiro atoms. The van der Waals surface area contributed by atoms with Crippen molar-refractivity contribution in [3.63, 3.8) is 0 Å². The zero-order valence-electron chi connectivity index (χ0n) is 10.7. The molecule has 0 radical (unpaired) electrons. The number of carbonyl (C=O) groups is 2. The molecule has 1 unspecified atom stereocenters. The van der Waals surface area contributed by atoms with E-state index in [1.807, 2.05) is 0 Å². The van der Waals surface area contributed by atoms with Crippen LogP contribution in [0, 0.1) is 6.92 Å². The lowest BCUT2D eigenvalue weighted by Crippen LogP contribution is -2.32. The van der Waals surface area contributed by atoms with E-state index in [2.05, 4.69) is 10.6 Å². The van der Waals surface area contributed by atoms with Crippen molar-refractivity contribution in [3.05, 3.63) is 29.3 Å². The van der Waals surface area contributed by atoms with Crippen molar-refractivity contribution in [2.75, 3.05) is 23.9 Å². The van der Waals surface area contributed by atoms with Crippen LogP contribution in [0.1, 0.15) is 15.9 Å². The number of carboxylic acid groups (broad SMARTS) is 1. The lowest BCUT2D eigenvalue weighted by Gasteiger charge is -2.10. The second-order valence-electron chi connectivity index (χ2n) is 3.99. The van der Waals surface area contributed by atoms with E-state index in [1.165, 1.54) is 12.1 Å². The average molecular weight is 284 g/mol. The summed E-state index contributed by atoms with van der Waals surface area (Å²) in [6, 6.07) is 4.05. The first kappa shape index (κ1) is 15.2. The highest BCUT2D eigenvalue weighted by Gasteiger charge is 2.08. The van der Waals surface area contributed by atoms with Crippen molar-refractivity contribution in [1.29, 1.82) is 0 Å². The Labute approximate surface area is 113 Å². The Bertz CT molecular complexity index is 516. The quantitative estimate of drug-likeness (QED) is 0.757. The predicted molar refractivity (Wildman–Crippen MR) is 74.1 cm³/mol. The number of urea groups is 1. The molecule has 1 aromatic rings. The molecule has 0 aliphatic heterocycles. The van der Waals surface area contributed by atoms with Crippen molar-refractivity contribution < 1.29 is 18.9 Å². The molecule has 1 atom stereocenters. The Morgan fingerprint density at radius 1 is 1.37 bits per heavy atom. The SMILES string of the molecule is Cc1ccc(C(=O)O)cc1NC(=O)NCCS(C)=O. The summed E-state index contributed by atoms with van der Waals surface area (Å²) in [6.07, 6.45) is 1.56. The number of hydrogen-bond acceptors (Lipinski definition) is 3. The summed E-state index contributed by atoms with van der Waals surface area (Å²) in [5.74, 6) is -0.675. The highest BCUT2D eigenvalue weighted by molar-refractivity contribution is 7.84. The molecule has 1 aromatic carbocycles. The van der Waals surface area contributed by atoms with Gasteiger partial charge in [0.15, 0.2) is 0 Å². The third kappa shape index (κ3) is 5.09. The molecule has 19 heavy (non-hydrogen) atoms. The zero-order chi connectivity index (χ0) is 14.4. The minimum Gasteiger partial charge on any atom is -0.478 e. The fourth-order valence-corrected chi connectivity index (χ4v) is 1.75. The van der Waals surface area contributed by atoms with Gasteiger partial charge in [0.25, 0.3) is 0 Å². The first-order valence-electron chi connectivity index (χ1n) is 5.59. The summed E-state index contributed by atoms with van der Waals surface area (Å²) in [5, 5.41) is 14.0. The molecular formula is C12H16N2O4S. The highest BCUT2D eigenvalue weighted by Crippen LogP contribution is 2.16. The van der Waals surface area contributed by atoms with Gasteiger partial charge in [-0.2, -0.15) is 0 Å². The van der Waals surface area contributed by atoms with E-state index in [1.54, 1.807) is 19.2 Å². The molecule has 1 rings (SSSR count). The number of rotatable bonds is 5. The van der Waals surface area contributed by atoms with Crippen LogP contribution in [0.5, 0.6) is 0 Å². The van der Waals surface area contributed by atoms with Gasteiger partial charge in [-0.25, -0.2) is 9.59 Å². The van der Waals surface area contributed by atoms with E-state index in [0.717, 1.165) is 5.56 Å². The van der Waals surface area contributed by atoms with E-state index in [4.69, 9.17) is 5.11 Å². The molecule has 0 aliphatic rings. The fourth-order valence-electron chi connectivity index (χ4n) is 1.36. The van der Waals surface area contributed by atoms with Gasteiger partial charge in [-0.15, -0.1) is 0 Å². The smallest absolute Gasteiger partial charge is 0.335 e. The lowest BCUT2D eigenvalue weighted by atomic mass is 10.1. The van der Waals surface area contributed by atoms with E-state index in [9.17, 15) is 13.8 Å². The molecule has 6 nitrogen and oxygen atoms in total. The maximum Gasteiger partial charge on any atom is 0.335 e. The molecule has 0 saturated carbocycles. The molecule has 7 heteroatoms. The minimum atomic E-state index is -1.05. The van der Waals surface area contributed by atoms with E-state index < -0.39 is 22.8 Å². The standard InChI is InChI=1S/C12H16N2O4S/c1-8-3-4-9(11(15)16)7-10(8)14-12(17)13-5-6-19(2)18/h3-4,7H,5-6H2,1-2H3,(H,15,16)(H2,13,14,17). The number of amides is 2. The molecule has 0 fully saturated rings. The van der Waals surface area contributed by atoms with Crippen LogP contribution in [0.3, 0.4) is 0 Å². The number of benzene rings is 1. The van der Waals surface area contributed by atoms with Crippen LogP contribution in [-0.4, -0.2) is 39.9 Å². The number of anilines is 1. The molecule has 104 valence electrons. The van der Waals surface area contributed by atoms with Crippen LogP contribution in [0.2, 0.25) is 0 Å². The highest BCUT2D eigenvalue weighted by atomic mass is 32.2. The molecule has 3 N–H and O–H groups in total. The third-order valence-electron chi connectivity index (χ3n) is 2.41. The van der Waals surface area contributed by atoms with Crippen LogP contribution in [0.25, 0.3) is 0 Å². The maximum atomic E-state index is 11.6. The van der Waals surface area contributed by atoms with Crippen molar-refractivity contribution in [2.45, 2.75) is 6.92 Å². The molecule has 0 saturated heterocycles. The molecule has 0 aromatic heterocycles. The van der Waals surface area contributed by atoms with Crippen molar-refractivity contribution in [3.8, 4) is 0 Å². The van der Waals surface area contributed by atoms with Gasteiger partial charge in [0.1, 0.15) is 0 Å². The van der Waals surface area contributed by atoms with Crippen LogP contribution in [0.15, 0.2) is 18.2 Å². The van der Waals surface area contributed by atoms with Crippen molar-refractivity contribution in [2.24, 2.45) is 0 Å². The van der Waals surface area contributed by atoms with E-state index >= 15 is 0 Å². The second-order valence-corrected chi connectivity index (χ2v) is 5.55. The fraction of sp³-hybridized carbons (Fsp3) is 0.333. The van der Waals surface area contributed by atoms with Crippen LogP contribution < -0.4 is 10.6 Å². The molecule has 0 bridgehead atoms. The van der Waals surface area contributed by atoms with Crippen molar-refractivity contribution in [1.82, 2.24) is 5.32 Å². The Hall–Kier alpha value is -1.89. The Balaban J connectivity index is 2.65. The Morgan fingerprint density at radius 3 is 2.63 bits per heavy atom. The number of carboxylic acids is 1.